The van der Waals surface area contributed by atoms with Gasteiger partial charge in [-0.1, -0.05) is 57.5 Å². The first-order valence-corrected chi connectivity index (χ1v) is 11.2. The number of imide groups is 1. The van der Waals surface area contributed by atoms with Gasteiger partial charge in [0.2, 0.25) is 0 Å². The molecule has 1 fully saturated rings. The van der Waals surface area contributed by atoms with Crippen molar-refractivity contribution in [2.45, 2.75) is 23.5 Å². The summed E-state index contributed by atoms with van der Waals surface area (Å²) in [6.07, 6.45) is 1.63. The van der Waals surface area contributed by atoms with E-state index < -0.39 is 0 Å². The summed E-state index contributed by atoms with van der Waals surface area (Å²) in [6, 6.07) is 19.4. The fraction of sp³-hybridized carbons (Fsp3) is 0.0909. The molecule has 1 aromatic heterocycles. The lowest BCUT2D eigenvalue weighted by atomic mass is 10.2. The van der Waals surface area contributed by atoms with Gasteiger partial charge in [-0.2, -0.15) is 0 Å². The zero-order valence-electron chi connectivity index (χ0n) is 15.4. The number of carbonyl (C=O) groups is 2. The van der Waals surface area contributed by atoms with E-state index in [2.05, 4.69) is 15.9 Å². The van der Waals surface area contributed by atoms with E-state index in [0.717, 1.165) is 31.8 Å². The van der Waals surface area contributed by atoms with E-state index in [4.69, 9.17) is 4.42 Å². The highest BCUT2D eigenvalue weighted by molar-refractivity contribution is 9.10. The molecule has 4 nitrogen and oxygen atoms in total. The average Bonchev–Trinajstić information content (AvgIpc) is 3.25. The molecule has 0 spiro atoms. The lowest BCUT2D eigenvalue weighted by Crippen LogP contribution is -2.27. The lowest BCUT2D eigenvalue weighted by molar-refractivity contribution is -0.123. The molecular weight excluding hydrogens is 470 g/mol. The van der Waals surface area contributed by atoms with Crippen molar-refractivity contribution in [3.05, 3.63) is 86.9 Å². The molecule has 146 valence electrons. The maximum Gasteiger partial charge on any atom is 0.293 e. The van der Waals surface area contributed by atoms with Crippen LogP contribution in [0.4, 0.5) is 4.79 Å². The summed E-state index contributed by atoms with van der Waals surface area (Å²) < 4.78 is 6.77. The van der Waals surface area contributed by atoms with Crippen LogP contribution in [-0.4, -0.2) is 16.0 Å². The van der Waals surface area contributed by atoms with Crippen LogP contribution in [0.1, 0.15) is 16.9 Å². The van der Waals surface area contributed by atoms with E-state index in [9.17, 15) is 9.59 Å². The van der Waals surface area contributed by atoms with Gasteiger partial charge in [-0.3, -0.25) is 14.5 Å². The first kappa shape index (κ1) is 20.1. The van der Waals surface area contributed by atoms with Gasteiger partial charge in [0.1, 0.15) is 5.76 Å². The minimum Gasteiger partial charge on any atom is -0.450 e. The monoisotopic (exact) mass is 485 g/mol. The molecule has 7 heteroatoms. The standard InChI is InChI=1S/C22H16BrNO3S2/c1-14-2-9-18(10-3-14)28-20-11-8-17(27-20)12-19-21(25)24(22(26)29-19)13-15-4-6-16(23)7-5-15/h2-12H,13H2,1H3/b19-12-. The number of hydrogen-bond acceptors (Lipinski definition) is 5. The largest absolute Gasteiger partial charge is 0.450 e. The second-order valence-corrected chi connectivity index (χ2v) is 9.45. The zero-order chi connectivity index (χ0) is 20.4. The van der Waals surface area contributed by atoms with Crippen LogP contribution in [0.25, 0.3) is 6.08 Å². The third-order valence-corrected chi connectivity index (χ3v) is 6.61. The van der Waals surface area contributed by atoms with E-state index in [1.165, 1.54) is 22.2 Å². The quantitative estimate of drug-likeness (QED) is 0.374. The summed E-state index contributed by atoms with van der Waals surface area (Å²) in [5.74, 6) is 0.251. The van der Waals surface area contributed by atoms with Gasteiger partial charge in [0.15, 0.2) is 5.09 Å². The number of rotatable bonds is 5. The molecule has 0 bridgehead atoms. The Kier molecular flexibility index (Phi) is 5.99. The third kappa shape index (κ3) is 4.86. The second-order valence-electron chi connectivity index (χ2n) is 6.47. The Balaban J connectivity index is 1.46. The van der Waals surface area contributed by atoms with Crippen molar-refractivity contribution in [3.8, 4) is 0 Å². The Bertz CT molecular complexity index is 1090. The van der Waals surface area contributed by atoms with Gasteiger partial charge in [-0.25, -0.2) is 0 Å². The summed E-state index contributed by atoms with van der Waals surface area (Å²) in [7, 11) is 0. The summed E-state index contributed by atoms with van der Waals surface area (Å²) in [5.41, 5.74) is 2.10. The Labute approximate surface area is 185 Å². The first-order valence-electron chi connectivity index (χ1n) is 8.82. The predicted octanol–water partition coefficient (Wildman–Crippen LogP) is 6.74. The van der Waals surface area contributed by atoms with Crippen molar-refractivity contribution in [3.63, 3.8) is 0 Å². The number of benzene rings is 2. The molecule has 0 aliphatic carbocycles. The number of hydrogen-bond donors (Lipinski definition) is 0. The number of nitrogens with zero attached hydrogens (tertiary/aromatic N) is 1. The molecule has 0 atom stereocenters. The number of halogens is 1. The number of thioether (sulfide) groups is 1. The lowest BCUT2D eigenvalue weighted by Gasteiger charge is -2.12. The van der Waals surface area contributed by atoms with E-state index in [0.29, 0.717) is 10.7 Å². The van der Waals surface area contributed by atoms with Gasteiger partial charge >= 0.3 is 0 Å². The van der Waals surface area contributed by atoms with Crippen molar-refractivity contribution in [2.75, 3.05) is 0 Å². The van der Waals surface area contributed by atoms with Crippen LogP contribution in [0.2, 0.25) is 0 Å². The average molecular weight is 486 g/mol. The molecule has 0 N–H and O–H groups in total. The maximum absolute atomic E-state index is 12.7. The highest BCUT2D eigenvalue weighted by atomic mass is 79.9. The van der Waals surface area contributed by atoms with Gasteiger partial charge in [-0.15, -0.1) is 0 Å². The van der Waals surface area contributed by atoms with Gasteiger partial charge in [-0.05, 0) is 60.6 Å². The maximum atomic E-state index is 12.7. The minimum atomic E-state index is -0.299. The van der Waals surface area contributed by atoms with Crippen molar-refractivity contribution >= 4 is 56.7 Å². The minimum absolute atomic E-state index is 0.252. The van der Waals surface area contributed by atoms with Crippen molar-refractivity contribution in [1.29, 1.82) is 0 Å². The summed E-state index contributed by atoms with van der Waals surface area (Å²) >= 11 is 5.83. The fourth-order valence-corrected chi connectivity index (χ4v) is 4.59. The van der Waals surface area contributed by atoms with Crippen LogP contribution in [-0.2, 0) is 11.3 Å². The highest BCUT2D eigenvalue weighted by Gasteiger charge is 2.35. The van der Waals surface area contributed by atoms with Crippen LogP contribution in [0.5, 0.6) is 0 Å². The van der Waals surface area contributed by atoms with Crippen LogP contribution in [0, 0.1) is 6.92 Å². The summed E-state index contributed by atoms with van der Waals surface area (Å²) in [4.78, 5) is 27.7. The molecule has 29 heavy (non-hydrogen) atoms. The Morgan fingerprint density at radius 3 is 2.48 bits per heavy atom. The first-order chi connectivity index (χ1) is 14.0. The molecule has 3 aromatic rings. The molecule has 0 saturated carbocycles. The molecule has 0 unspecified atom stereocenters. The van der Waals surface area contributed by atoms with Crippen molar-refractivity contribution in [1.82, 2.24) is 4.90 Å². The van der Waals surface area contributed by atoms with Crippen molar-refractivity contribution in [2.24, 2.45) is 0 Å². The van der Waals surface area contributed by atoms with Crippen LogP contribution in [0.15, 0.2) is 84.4 Å². The van der Waals surface area contributed by atoms with Gasteiger partial charge in [0.05, 0.1) is 11.4 Å². The van der Waals surface area contributed by atoms with Gasteiger partial charge in [0.25, 0.3) is 11.1 Å². The Morgan fingerprint density at radius 2 is 1.76 bits per heavy atom. The molecule has 0 radical (unpaired) electrons. The second kappa shape index (κ2) is 8.65. The fourth-order valence-electron chi connectivity index (χ4n) is 2.73. The number of amides is 2. The molecule has 1 aliphatic heterocycles. The molecule has 4 rings (SSSR count). The number of aryl methyl sites for hydroxylation is 1. The summed E-state index contributed by atoms with van der Waals surface area (Å²) in [6.45, 7) is 2.30. The summed E-state index contributed by atoms with van der Waals surface area (Å²) in [5, 5.41) is 0.458. The van der Waals surface area contributed by atoms with Crippen LogP contribution < -0.4 is 0 Å². The molecule has 2 heterocycles. The Hall–Kier alpha value is -2.22. The zero-order valence-corrected chi connectivity index (χ0v) is 18.6. The molecule has 1 aliphatic rings. The van der Waals surface area contributed by atoms with Crippen LogP contribution in [0.3, 0.4) is 0 Å². The normalized spacial score (nSPS) is 15.5. The van der Waals surface area contributed by atoms with E-state index in [1.54, 1.807) is 12.1 Å². The van der Waals surface area contributed by atoms with Gasteiger partial charge in [0, 0.05) is 15.4 Å². The van der Waals surface area contributed by atoms with E-state index in [-0.39, 0.29) is 17.7 Å². The highest BCUT2D eigenvalue weighted by Crippen LogP contribution is 2.35. The van der Waals surface area contributed by atoms with Crippen molar-refractivity contribution < 1.29 is 14.0 Å². The van der Waals surface area contributed by atoms with Gasteiger partial charge < -0.3 is 4.42 Å². The topological polar surface area (TPSA) is 50.5 Å². The van der Waals surface area contributed by atoms with E-state index in [1.807, 2.05) is 61.5 Å². The number of carbonyl (C=O) groups excluding carboxylic acids is 2. The molecular formula is C22H16BrNO3S2. The predicted molar refractivity (Wildman–Crippen MR) is 120 cm³/mol. The third-order valence-electron chi connectivity index (χ3n) is 4.24. The van der Waals surface area contributed by atoms with E-state index >= 15 is 0 Å². The SMILES string of the molecule is Cc1ccc(Sc2ccc(/C=C3\SC(=O)N(Cc4ccc(Br)cc4)C3=O)o2)cc1. The molecule has 2 amide bonds. The Morgan fingerprint density at radius 1 is 1.03 bits per heavy atom. The number of furan rings is 1. The smallest absolute Gasteiger partial charge is 0.293 e. The molecule has 1 saturated heterocycles. The van der Waals surface area contributed by atoms with Crippen LogP contribution >= 0.6 is 39.5 Å². The molecule has 2 aromatic carbocycles.